The molecule has 0 spiro atoms. The quantitative estimate of drug-likeness (QED) is 0.323. The van der Waals surface area contributed by atoms with E-state index >= 15 is 0 Å². The fourth-order valence-corrected chi connectivity index (χ4v) is 2.62. The fraction of sp³-hybridized carbons (Fsp3) is 0.429. The maximum absolute atomic E-state index is 12.1. The molecule has 5 N–H and O–H groups in total. The average Bonchev–Trinajstić information content (AvgIpc) is 2.77. The van der Waals surface area contributed by atoms with Gasteiger partial charge < -0.3 is 35.2 Å². The Bertz CT molecular complexity index is 994. The van der Waals surface area contributed by atoms with Crippen molar-refractivity contribution in [3.8, 4) is 17.6 Å². The minimum atomic E-state index is -0.583. The van der Waals surface area contributed by atoms with Gasteiger partial charge in [0.1, 0.15) is 28.7 Å². The predicted octanol–water partition coefficient (Wildman–Crippen LogP) is 2.67. The molecule has 0 unspecified atom stereocenters. The highest BCUT2D eigenvalue weighted by atomic mass is 16.6. The molecule has 1 amide bonds. The number of nitrogens with zero attached hydrogens (tertiary/aromatic N) is 4. The number of nitrogen functional groups attached to an aromatic ring is 1. The third-order valence-electron chi connectivity index (χ3n) is 4.21. The molecule has 0 fully saturated rings. The van der Waals surface area contributed by atoms with Crippen molar-refractivity contribution >= 4 is 29.4 Å². The van der Waals surface area contributed by atoms with Gasteiger partial charge in [0.15, 0.2) is 11.6 Å². The van der Waals surface area contributed by atoms with Crippen LogP contribution < -0.4 is 31.4 Å². The molecule has 1 aromatic heterocycles. The summed E-state index contributed by atoms with van der Waals surface area (Å²) in [6, 6.07) is 7.21. The number of nitrogens with one attached hydrogen (secondary N) is 3. The lowest BCUT2D eigenvalue weighted by Gasteiger charge is -2.24. The maximum atomic E-state index is 12.1. The van der Waals surface area contributed by atoms with E-state index in [1.165, 1.54) is 19.1 Å². The van der Waals surface area contributed by atoms with Crippen molar-refractivity contribution in [2.24, 2.45) is 5.84 Å². The summed E-state index contributed by atoms with van der Waals surface area (Å²) in [6.45, 7) is 6.07. The number of amides is 1. The van der Waals surface area contributed by atoms with E-state index in [1.807, 2.05) is 6.07 Å². The first-order chi connectivity index (χ1) is 15.6. The van der Waals surface area contributed by atoms with Gasteiger partial charge in [0.2, 0.25) is 5.95 Å². The first kappa shape index (κ1) is 25.3. The second-order valence-electron chi connectivity index (χ2n) is 7.93. The van der Waals surface area contributed by atoms with Crippen LogP contribution in [-0.4, -0.2) is 60.9 Å². The van der Waals surface area contributed by atoms with Gasteiger partial charge in [0, 0.05) is 44.0 Å². The highest BCUT2D eigenvalue weighted by molar-refractivity contribution is 5.72. The van der Waals surface area contributed by atoms with E-state index in [9.17, 15) is 10.1 Å². The standard InChI is InChI=1S/C21H30N8O4/c1-21(2,3)33-20(30)29(4)8-7-24-19-26-17(16(12-22)18(27-19)28-23)25-13-9-14(31-5)11-15(10-13)32-6/h9-11H,7-8,23H2,1-6H3,(H3,24,25,26,27,28). The Morgan fingerprint density at radius 3 is 2.27 bits per heavy atom. The number of nitriles is 1. The Hall–Kier alpha value is -3.98. The van der Waals surface area contributed by atoms with Gasteiger partial charge in [0.25, 0.3) is 0 Å². The highest BCUT2D eigenvalue weighted by Crippen LogP contribution is 2.30. The van der Waals surface area contributed by atoms with Gasteiger partial charge in [-0.05, 0) is 20.8 Å². The Morgan fingerprint density at radius 2 is 1.76 bits per heavy atom. The minimum absolute atomic E-state index is 0.121. The number of carbonyl (C=O) groups excluding carboxylic acids is 1. The van der Waals surface area contributed by atoms with Crippen LogP contribution in [0.3, 0.4) is 0 Å². The molecule has 0 atom stereocenters. The Labute approximate surface area is 193 Å². The van der Waals surface area contributed by atoms with Crippen LogP contribution in [0.2, 0.25) is 0 Å². The number of aromatic nitrogens is 2. The van der Waals surface area contributed by atoms with Crippen molar-refractivity contribution in [2.45, 2.75) is 26.4 Å². The van der Waals surface area contributed by atoms with E-state index < -0.39 is 11.7 Å². The number of hydrogen-bond acceptors (Lipinski definition) is 11. The number of nitrogens with two attached hydrogens (primary N) is 1. The predicted molar refractivity (Wildman–Crippen MR) is 125 cm³/mol. The Morgan fingerprint density at radius 1 is 1.15 bits per heavy atom. The third-order valence-corrected chi connectivity index (χ3v) is 4.21. The van der Waals surface area contributed by atoms with Crippen molar-refractivity contribution in [1.29, 1.82) is 5.26 Å². The third kappa shape index (κ3) is 7.29. The van der Waals surface area contributed by atoms with Gasteiger partial charge in [-0.2, -0.15) is 15.2 Å². The summed E-state index contributed by atoms with van der Waals surface area (Å²) in [5, 5.41) is 15.7. The Balaban J connectivity index is 2.21. The molecule has 0 radical (unpaired) electrons. The van der Waals surface area contributed by atoms with E-state index in [0.29, 0.717) is 30.3 Å². The molecule has 12 nitrogen and oxygen atoms in total. The molecule has 0 saturated heterocycles. The first-order valence-electron chi connectivity index (χ1n) is 10.1. The molecule has 2 rings (SSSR count). The number of carbonyl (C=O) groups is 1. The van der Waals surface area contributed by atoms with Gasteiger partial charge in [-0.1, -0.05) is 0 Å². The molecule has 0 aliphatic carbocycles. The highest BCUT2D eigenvalue weighted by Gasteiger charge is 2.20. The zero-order valence-corrected chi connectivity index (χ0v) is 19.6. The summed E-state index contributed by atoms with van der Waals surface area (Å²) in [6.07, 6.45) is -0.441. The second kappa shape index (κ2) is 11.1. The van der Waals surface area contributed by atoms with E-state index in [-0.39, 0.29) is 23.1 Å². The molecular formula is C21H30N8O4. The number of ether oxygens (including phenoxy) is 3. The van der Waals surface area contributed by atoms with Crippen LogP contribution in [0.15, 0.2) is 18.2 Å². The van der Waals surface area contributed by atoms with Crippen LogP contribution in [0.5, 0.6) is 11.5 Å². The lowest BCUT2D eigenvalue weighted by Crippen LogP contribution is -2.36. The van der Waals surface area contributed by atoms with Gasteiger partial charge >= 0.3 is 6.09 Å². The van der Waals surface area contributed by atoms with Crippen molar-refractivity contribution in [3.63, 3.8) is 0 Å². The number of rotatable bonds is 9. The largest absolute Gasteiger partial charge is 0.497 e. The average molecular weight is 459 g/mol. The maximum Gasteiger partial charge on any atom is 0.410 e. The van der Waals surface area contributed by atoms with Crippen molar-refractivity contribution < 1.29 is 19.0 Å². The molecule has 0 bridgehead atoms. The number of hydrazine groups is 1. The number of likely N-dealkylation sites (N-methyl/N-ethyl adjacent to an activating group) is 1. The van der Waals surface area contributed by atoms with Crippen molar-refractivity contribution in [3.05, 3.63) is 23.8 Å². The molecule has 0 saturated carbocycles. The van der Waals surface area contributed by atoms with Gasteiger partial charge in [-0.15, -0.1) is 0 Å². The summed E-state index contributed by atoms with van der Waals surface area (Å²) in [7, 11) is 4.71. The number of hydrogen-bond donors (Lipinski definition) is 4. The SMILES string of the molecule is COc1cc(Nc2nc(NCCN(C)C(=O)OC(C)(C)C)nc(NN)c2C#N)cc(OC)c1. The Kier molecular flexibility index (Phi) is 8.47. The lowest BCUT2D eigenvalue weighted by molar-refractivity contribution is 0.0305. The zero-order chi connectivity index (χ0) is 24.6. The van der Waals surface area contributed by atoms with Crippen LogP contribution in [-0.2, 0) is 4.74 Å². The molecule has 1 aromatic carbocycles. The fourth-order valence-electron chi connectivity index (χ4n) is 2.62. The van der Waals surface area contributed by atoms with Crippen LogP contribution >= 0.6 is 0 Å². The van der Waals surface area contributed by atoms with Crippen LogP contribution in [0.4, 0.5) is 28.1 Å². The second-order valence-corrected chi connectivity index (χ2v) is 7.93. The normalized spacial score (nSPS) is 10.6. The molecule has 2 aromatic rings. The zero-order valence-electron chi connectivity index (χ0n) is 19.6. The number of anilines is 4. The van der Waals surface area contributed by atoms with Gasteiger partial charge in [-0.25, -0.2) is 10.6 Å². The number of benzene rings is 1. The molecular weight excluding hydrogens is 428 g/mol. The van der Waals surface area contributed by atoms with Crippen molar-refractivity contribution in [1.82, 2.24) is 14.9 Å². The van der Waals surface area contributed by atoms with Crippen molar-refractivity contribution in [2.75, 3.05) is 50.4 Å². The molecule has 1 heterocycles. The molecule has 0 aliphatic rings. The smallest absolute Gasteiger partial charge is 0.410 e. The molecule has 178 valence electrons. The van der Waals surface area contributed by atoms with Crippen LogP contribution in [0, 0.1) is 11.3 Å². The summed E-state index contributed by atoms with van der Waals surface area (Å²) in [5.74, 6) is 7.25. The van der Waals surface area contributed by atoms with E-state index in [4.69, 9.17) is 20.1 Å². The summed E-state index contributed by atoms with van der Waals surface area (Å²) < 4.78 is 15.9. The van der Waals surface area contributed by atoms with E-state index in [0.717, 1.165) is 0 Å². The van der Waals surface area contributed by atoms with E-state index in [1.54, 1.807) is 46.0 Å². The summed E-state index contributed by atoms with van der Waals surface area (Å²) >= 11 is 0. The minimum Gasteiger partial charge on any atom is -0.497 e. The lowest BCUT2D eigenvalue weighted by atomic mass is 10.2. The van der Waals surface area contributed by atoms with Crippen LogP contribution in [0.25, 0.3) is 0 Å². The summed E-state index contributed by atoms with van der Waals surface area (Å²) in [4.78, 5) is 22.2. The van der Waals surface area contributed by atoms with Gasteiger partial charge in [0.05, 0.1) is 14.2 Å². The monoisotopic (exact) mass is 458 g/mol. The topological polar surface area (TPSA) is 160 Å². The number of methoxy groups -OCH3 is 2. The molecule has 12 heteroatoms. The summed E-state index contributed by atoms with van der Waals surface area (Å²) in [5.41, 5.74) is 2.53. The molecule has 33 heavy (non-hydrogen) atoms. The molecule has 0 aliphatic heterocycles. The van der Waals surface area contributed by atoms with Gasteiger partial charge in [-0.3, -0.25) is 0 Å². The van der Waals surface area contributed by atoms with Crippen LogP contribution in [0.1, 0.15) is 26.3 Å². The van der Waals surface area contributed by atoms with E-state index in [2.05, 4.69) is 26.0 Å². The first-order valence-corrected chi connectivity index (χ1v) is 10.1.